The fraction of sp³-hybridized carbons (Fsp3) is 0.750. The molecule has 2 aliphatic rings. The number of nitrogens with zero attached hydrogens (tertiary/aromatic N) is 2. The minimum atomic E-state index is 1.25. The summed E-state index contributed by atoms with van der Waals surface area (Å²) in [4.78, 5) is 2.49. The average Bonchev–Trinajstić information content (AvgIpc) is 2.87. The third kappa shape index (κ3) is 2.37. The van der Waals surface area contributed by atoms with Gasteiger partial charge >= 0.3 is 0 Å². The zero-order valence-electron chi connectivity index (χ0n) is 9.21. The summed E-state index contributed by atoms with van der Waals surface area (Å²) in [6.07, 6.45) is 10.0. The monoisotopic (exact) mass is 193 g/mol. The van der Waals surface area contributed by atoms with Gasteiger partial charge in [-0.25, -0.2) is 4.58 Å². The third-order valence-electron chi connectivity index (χ3n) is 3.27. The average molecular weight is 193 g/mol. The van der Waals surface area contributed by atoms with E-state index < -0.39 is 0 Å². The Balaban J connectivity index is 1.92. The summed E-state index contributed by atoms with van der Waals surface area (Å²) < 4.78 is 2.43. The van der Waals surface area contributed by atoms with E-state index in [9.17, 15) is 0 Å². The fourth-order valence-corrected chi connectivity index (χ4v) is 2.28. The lowest BCUT2D eigenvalue weighted by molar-refractivity contribution is -0.500. The van der Waals surface area contributed by atoms with Crippen molar-refractivity contribution < 1.29 is 4.58 Å². The Kier molecular flexibility index (Phi) is 3.22. The van der Waals surface area contributed by atoms with Gasteiger partial charge in [-0.3, -0.25) is 0 Å². The molecule has 0 aromatic heterocycles. The second-order valence-corrected chi connectivity index (χ2v) is 4.39. The summed E-state index contributed by atoms with van der Waals surface area (Å²) in [7, 11) is 0. The van der Waals surface area contributed by atoms with E-state index in [1.807, 2.05) is 0 Å². The maximum Gasteiger partial charge on any atom is 0.165 e. The van der Waals surface area contributed by atoms with Crippen molar-refractivity contribution in [3.63, 3.8) is 0 Å². The van der Waals surface area contributed by atoms with Gasteiger partial charge in [0.25, 0.3) is 0 Å². The Labute approximate surface area is 86.9 Å². The molecular formula is C12H21N2+. The van der Waals surface area contributed by atoms with E-state index in [1.165, 1.54) is 57.6 Å². The van der Waals surface area contributed by atoms with Gasteiger partial charge in [0.1, 0.15) is 13.1 Å². The summed E-state index contributed by atoms with van der Waals surface area (Å²) in [5.41, 5.74) is 1.44. The van der Waals surface area contributed by atoms with Crippen molar-refractivity contribution in [2.75, 3.05) is 26.2 Å². The van der Waals surface area contributed by atoms with Crippen LogP contribution in [0.2, 0.25) is 0 Å². The molecule has 0 atom stereocenters. The van der Waals surface area contributed by atoms with Crippen LogP contribution in [0.5, 0.6) is 0 Å². The van der Waals surface area contributed by atoms with Gasteiger partial charge in [0.2, 0.25) is 0 Å². The molecule has 0 spiro atoms. The number of allylic oxidation sites excluding steroid dienone is 2. The van der Waals surface area contributed by atoms with Crippen LogP contribution in [-0.4, -0.2) is 41.9 Å². The lowest BCUT2D eigenvalue weighted by Crippen LogP contribution is -2.17. The van der Waals surface area contributed by atoms with Crippen LogP contribution >= 0.6 is 0 Å². The maximum absolute atomic E-state index is 2.49. The van der Waals surface area contributed by atoms with Crippen molar-refractivity contribution in [3.8, 4) is 0 Å². The van der Waals surface area contributed by atoms with Crippen molar-refractivity contribution in [1.82, 2.24) is 4.90 Å². The molecule has 0 radical (unpaired) electrons. The highest BCUT2D eigenvalue weighted by Gasteiger charge is 2.13. The normalized spacial score (nSPS) is 23.4. The molecule has 0 aromatic carbocycles. The van der Waals surface area contributed by atoms with Crippen molar-refractivity contribution in [2.24, 2.45) is 0 Å². The van der Waals surface area contributed by atoms with Crippen molar-refractivity contribution in [1.29, 1.82) is 0 Å². The van der Waals surface area contributed by atoms with E-state index in [0.717, 1.165) is 0 Å². The first kappa shape index (κ1) is 9.75. The van der Waals surface area contributed by atoms with Crippen LogP contribution < -0.4 is 0 Å². The summed E-state index contributed by atoms with van der Waals surface area (Å²) in [5.74, 6) is 0. The van der Waals surface area contributed by atoms with E-state index in [4.69, 9.17) is 0 Å². The van der Waals surface area contributed by atoms with E-state index in [-0.39, 0.29) is 0 Å². The molecule has 0 aliphatic carbocycles. The second kappa shape index (κ2) is 4.63. The SMILES string of the molecule is C/C(=C\C=[N+]1CCCC1)N1CCCC1. The van der Waals surface area contributed by atoms with Gasteiger partial charge in [-0.15, -0.1) is 0 Å². The highest BCUT2D eigenvalue weighted by atomic mass is 15.1. The molecule has 2 heterocycles. The van der Waals surface area contributed by atoms with Crippen LogP contribution in [0.25, 0.3) is 0 Å². The molecule has 0 amide bonds. The molecule has 0 N–H and O–H groups in total. The largest absolute Gasteiger partial charge is 0.375 e. The van der Waals surface area contributed by atoms with Crippen molar-refractivity contribution >= 4 is 6.21 Å². The molecule has 0 saturated carbocycles. The van der Waals surface area contributed by atoms with E-state index in [0.29, 0.717) is 0 Å². The van der Waals surface area contributed by atoms with Crippen molar-refractivity contribution in [2.45, 2.75) is 32.6 Å². The quantitative estimate of drug-likeness (QED) is 0.607. The molecule has 78 valence electrons. The van der Waals surface area contributed by atoms with Crippen molar-refractivity contribution in [3.05, 3.63) is 11.8 Å². The molecule has 2 fully saturated rings. The van der Waals surface area contributed by atoms with Crippen LogP contribution in [-0.2, 0) is 0 Å². The molecule has 0 unspecified atom stereocenters. The summed E-state index contributed by atoms with van der Waals surface area (Å²) >= 11 is 0. The Morgan fingerprint density at radius 2 is 1.71 bits per heavy atom. The predicted molar refractivity (Wildman–Crippen MR) is 59.9 cm³/mol. The number of hydrogen-bond acceptors (Lipinski definition) is 1. The zero-order valence-corrected chi connectivity index (χ0v) is 9.21. The van der Waals surface area contributed by atoms with Gasteiger partial charge in [-0.05, 0) is 19.8 Å². The first-order chi connectivity index (χ1) is 6.86. The predicted octanol–water partition coefficient (Wildman–Crippen LogP) is 1.86. The number of likely N-dealkylation sites (tertiary alicyclic amines) is 1. The van der Waals surface area contributed by atoms with Crippen LogP contribution in [0.3, 0.4) is 0 Å². The standard InChI is InChI=1S/C12H21N2/c1-12(14-9-4-5-10-14)6-11-13-7-2-3-8-13/h6,11H,2-5,7-10H2,1H3/q+1. The van der Waals surface area contributed by atoms with E-state index in [1.54, 1.807) is 0 Å². The second-order valence-electron chi connectivity index (χ2n) is 4.39. The smallest absolute Gasteiger partial charge is 0.165 e. The highest BCUT2D eigenvalue weighted by molar-refractivity contribution is 5.67. The molecule has 2 nitrogen and oxygen atoms in total. The maximum atomic E-state index is 2.49. The minimum absolute atomic E-state index is 1.25. The Morgan fingerprint density at radius 3 is 2.36 bits per heavy atom. The van der Waals surface area contributed by atoms with Gasteiger partial charge in [0, 0.05) is 37.7 Å². The van der Waals surface area contributed by atoms with Gasteiger partial charge < -0.3 is 4.90 Å². The third-order valence-corrected chi connectivity index (χ3v) is 3.27. The fourth-order valence-electron chi connectivity index (χ4n) is 2.28. The van der Waals surface area contributed by atoms with Gasteiger partial charge in [0.15, 0.2) is 6.21 Å². The lowest BCUT2D eigenvalue weighted by atomic mass is 10.4. The Hall–Kier alpha value is -0.790. The van der Waals surface area contributed by atoms with Crippen LogP contribution in [0.15, 0.2) is 11.8 Å². The van der Waals surface area contributed by atoms with Crippen LogP contribution in [0.4, 0.5) is 0 Å². The number of rotatable bonds is 2. The topological polar surface area (TPSA) is 6.25 Å². The Morgan fingerprint density at radius 1 is 1.07 bits per heavy atom. The summed E-state index contributed by atoms with van der Waals surface area (Å²) in [6, 6.07) is 0. The molecular weight excluding hydrogens is 172 g/mol. The molecule has 0 aromatic rings. The minimum Gasteiger partial charge on any atom is -0.375 e. The number of hydrogen-bond donors (Lipinski definition) is 0. The molecule has 2 rings (SSSR count). The zero-order chi connectivity index (χ0) is 9.80. The molecule has 2 saturated heterocycles. The van der Waals surface area contributed by atoms with Crippen LogP contribution in [0, 0.1) is 0 Å². The van der Waals surface area contributed by atoms with Gasteiger partial charge in [-0.1, -0.05) is 0 Å². The van der Waals surface area contributed by atoms with E-state index in [2.05, 4.69) is 28.7 Å². The Bertz CT molecular complexity index is 239. The molecule has 14 heavy (non-hydrogen) atoms. The summed E-state index contributed by atoms with van der Waals surface area (Å²) in [5, 5.41) is 0. The molecule has 2 aliphatic heterocycles. The van der Waals surface area contributed by atoms with Gasteiger partial charge in [-0.2, -0.15) is 0 Å². The first-order valence-electron chi connectivity index (χ1n) is 5.87. The molecule has 2 heteroatoms. The van der Waals surface area contributed by atoms with Crippen LogP contribution in [0.1, 0.15) is 32.6 Å². The molecule has 0 bridgehead atoms. The first-order valence-corrected chi connectivity index (χ1v) is 5.87. The lowest BCUT2D eigenvalue weighted by Gasteiger charge is -2.16. The highest BCUT2D eigenvalue weighted by Crippen LogP contribution is 2.13. The summed E-state index contributed by atoms with van der Waals surface area (Å²) in [6.45, 7) is 7.26. The van der Waals surface area contributed by atoms with Gasteiger partial charge in [0.05, 0.1) is 0 Å². The van der Waals surface area contributed by atoms with E-state index >= 15 is 0 Å².